The van der Waals surface area contributed by atoms with Crippen LogP contribution in [0.25, 0.3) is 0 Å². The van der Waals surface area contributed by atoms with Crippen LogP contribution < -0.4 is 0 Å². The topological polar surface area (TPSA) is 9.23 Å². The van der Waals surface area contributed by atoms with Crippen LogP contribution in [0.1, 0.15) is 84.5 Å². The summed E-state index contributed by atoms with van der Waals surface area (Å²) in [5.74, 6) is 1.95. The maximum absolute atomic E-state index is 5.96. The highest BCUT2D eigenvalue weighted by Crippen LogP contribution is 2.38. The summed E-state index contributed by atoms with van der Waals surface area (Å²) >= 11 is 0. The third kappa shape index (κ3) is 4.91. The summed E-state index contributed by atoms with van der Waals surface area (Å²) in [6, 6.07) is 0. The smallest absolute Gasteiger partial charge is 0.0612 e. The molecule has 0 spiro atoms. The maximum atomic E-state index is 5.96. The first-order valence-corrected chi connectivity index (χ1v) is 9.14. The van der Waals surface area contributed by atoms with Crippen molar-refractivity contribution in [2.45, 2.75) is 90.6 Å². The quantitative estimate of drug-likeness (QED) is 0.417. The number of hydrogen-bond donors (Lipinski definition) is 0. The third-order valence-electron chi connectivity index (χ3n) is 5.32. The van der Waals surface area contributed by atoms with Crippen LogP contribution in [0.2, 0.25) is 0 Å². The molecule has 0 aromatic carbocycles. The monoisotopic (exact) mass is 278 g/mol. The summed E-state index contributed by atoms with van der Waals surface area (Å²) in [5.41, 5.74) is 1.77. The molecule has 1 saturated carbocycles. The van der Waals surface area contributed by atoms with E-state index in [2.05, 4.69) is 19.9 Å². The first kappa shape index (κ1) is 16.1. The van der Waals surface area contributed by atoms with E-state index in [1.807, 2.05) is 0 Å². The van der Waals surface area contributed by atoms with Gasteiger partial charge in [-0.1, -0.05) is 44.8 Å². The van der Waals surface area contributed by atoms with Crippen molar-refractivity contribution in [2.24, 2.45) is 11.8 Å². The van der Waals surface area contributed by atoms with Crippen molar-refractivity contribution in [3.8, 4) is 0 Å². The van der Waals surface area contributed by atoms with Gasteiger partial charge in [-0.05, 0) is 63.2 Å². The summed E-state index contributed by atoms with van der Waals surface area (Å²) in [7, 11) is 0. The van der Waals surface area contributed by atoms with Gasteiger partial charge in [-0.15, -0.1) is 0 Å². The zero-order chi connectivity index (χ0) is 14.2. The molecule has 0 aromatic heterocycles. The SMILES string of the molecule is CCCCOC1CC=C(C2CCC(CCC)CC2)CC1. The molecule has 0 aromatic rings. The van der Waals surface area contributed by atoms with Crippen molar-refractivity contribution in [1.29, 1.82) is 0 Å². The maximum Gasteiger partial charge on any atom is 0.0612 e. The van der Waals surface area contributed by atoms with E-state index in [9.17, 15) is 0 Å². The minimum atomic E-state index is 0.515. The molecule has 2 rings (SSSR count). The highest BCUT2D eigenvalue weighted by molar-refractivity contribution is 5.12. The summed E-state index contributed by atoms with van der Waals surface area (Å²) in [6.07, 6.45) is 18.0. The van der Waals surface area contributed by atoms with Crippen LogP contribution in [0.15, 0.2) is 11.6 Å². The van der Waals surface area contributed by atoms with Gasteiger partial charge < -0.3 is 4.74 Å². The van der Waals surface area contributed by atoms with Crippen LogP contribution in [-0.4, -0.2) is 12.7 Å². The molecule has 1 nitrogen and oxygen atoms in total. The average Bonchev–Trinajstić information content (AvgIpc) is 2.49. The van der Waals surface area contributed by atoms with Crippen molar-refractivity contribution in [2.75, 3.05) is 6.61 Å². The second-order valence-electron chi connectivity index (χ2n) is 6.91. The molecule has 1 heteroatoms. The molecule has 116 valence electrons. The van der Waals surface area contributed by atoms with Crippen molar-refractivity contribution < 1.29 is 4.74 Å². The zero-order valence-electron chi connectivity index (χ0n) is 13.7. The van der Waals surface area contributed by atoms with Crippen molar-refractivity contribution in [1.82, 2.24) is 0 Å². The first-order chi connectivity index (χ1) is 9.83. The van der Waals surface area contributed by atoms with Crippen molar-refractivity contribution in [3.05, 3.63) is 11.6 Å². The molecular formula is C19H34O. The summed E-state index contributed by atoms with van der Waals surface area (Å²) in [5, 5.41) is 0. The number of ether oxygens (including phenoxy) is 1. The van der Waals surface area contributed by atoms with Gasteiger partial charge in [0.05, 0.1) is 6.10 Å². The van der Waals surface area contributed by atoms with Crippen molar-refractivity contribution in [3.63, 3.8) is 0 Å². The summed E-state index contributed by atoms with van der Waals surface area (Å²) in [6.45, 7) is 5.53. The molecule has 0 radical (unpaired) electrons. The van der Waals surface area contributed by atoms with Gasteiger partial charge in [-0.3, -0.25) is 0 Å². The normalized spacial score (nSPS) is 31.1. The lowest BCUT2D eigenvalue weighted by molar-refractivity contribution is 0.0435. The molecule has 1 fully saturated rings. The molecular weight excluding hydrogens is 244 g/mol. The average molecular weight is 278 g/mol. The molecule has 2 aliphatic rings. The Morgan fingerprint density at radius 2 is 1.85 bits per heavy atom. The molecule has 1 atom stereocenters. The predicted molar refractivity (Wildman–Crippen MR) is 86.9 cm³/mol. The Morgan fingerprint density at radius 3 is 2.45 bits per heavy atom. The minimum Gasteiger partial charge on any atom is -0.378 e. The Kier molecular flexibility index (Phi) is 7.13. The molecule has 0 amide bonds. The third-order valence-corrected chi connectivity index (χ3v) is 5.32. The van der Waals surface area contributed by atoms with Gasteiger partial charge in [0, 0.05) is 6.61 Å². The Hall–Kier alpha value is -0.300. The second kappa shape index (κ2) is 8.87. The molecule has 0 heterocycles. The molecule has 1 unspecified atom stereocenters. The minimum absolute atomic E-state index is 0.515. The standard InChI is InChI=1S/C19H34O/c1-3-5-15-20-19-13-11-18(12-14-19)17-9-7-16(6-4-2)8-10-17/h11,16-17,19H,3-10,12-15H2,1-2H3. The summed E-state index contributed by atoms with van der Waals surface area (Å²) < 4.78 is 5.96. The van der Waals surface area contributed by atoms with E-state index in [1.165, 1.54) is 70.6 Å². The van der Waals surface area contributed by atoms with Crippen LogP contribution in [0.3, 0.4) is 0 Å². The van der Waals surface area contributed by atoms with Crippen molar-refractivity contribution >= 4 is 0 Å². The highest BCUT2D eigenvalue weighted by atomic mass is 16.5. The lowest BCUT2D eigenvalue weighted by Gasteiger charge is -2.33. The van der Waals surface area contributed by atoms with E-state index in [0.717, 1.165) is 18.4 Å². The number of unbranched alkanes of at least 4 members (excludes halogenated alkanes) is 1. The van der Waals surface area contributed by atoms with Gasteiger partial charge in [0.15, 0.2) is 0 Å². The van der Waals surface area contributed by atoms with Gasteiger partial charge in [-0.2, -0.15) is 0 Å². The molecule has 0 bridgehead atoms. The number of hydrogen-bond acceptors (Lipinski definition) is 1. The molecule has 2 aliphatic carbocycles. The van der Waals surface area contributed by atoms with Crippen LogP contribution in [0.5, 0.6) is 0 Å². The molecule has 0 saturated heterocycles. The molecule has 0 N–H and O–H groups in total. The van der Waals surface area contributed by atoms with Gasteiger partial charge in [0.25, 0.3) is 0 Å². The fraction of sp³-hybridized carbons (Fsp3) is 0.895. The first-order valence-electron chi connectivity index (χ1n) is 9.14. The highest BCUT2D eigenvalue weighted by Gasteiger charge is 2.25. The zero-order valence-corrected chi connectivity index (χ0v) is 13.7. The lowest BCUT2D eigenvalue weighted by atomic mass is 9.74. The van der Waals surface area contributed by atoms with E-state index in [-0.39, 0.29) is 0 Å². The summed E-state index contributed by atoms with van der Waals surface area (Å²) in [4.78, 5) is 0. The lowest BCUT2D eigenvalue weighted by Crippen LogP contribution is -2.21. The van der Waals surface area contributed by atoms with Crippen LogP contribution in [-0.2, 0) is 4.74 Å². The number of rotatable bonds is 7. The van der Waals surface area contributed by atoms with E-state index in [0.29, 0.717) is 6.10 Å². The van der Waals surface area contributed by atoms with Crippen LogP contribution in [0.4, 0.5) is 0 Å². The van der Waals surface area contributed by atoms with E-state index < -0.39 is 0 Å². The molecule has 20 heavy (non-hydrogen) atoms. The van der Waals surface area contributed by atoms with Gasteiger partial charge in [-0.25, -0.2) is 0 Å². The Bertz CT molecular complexity index is 286. The van der Waals surface area contributed by atoms with Gasteiger partial charge in [0.1, 0.15) is 0 Å². The predicted octanol–water partition coefficient (Wildman–Crippen LogP) is 5.89. The molecule has 0 aliphatic heterocycles. The van der Waals surface area contributed by atoms with Crippen LogP contribution >= 0.6 is 0 Å². The largest absolute Gasteiger partial charge is 0.378 e. The van der Waals surface area contributed by atoms with Gasteiger partial charge in [0.2, 0.25) is 0 Å². The van der Waals surface area contributed by atoms with E-state index >= 15 is 0 Å². The second-order valence-corrected chi connectivity index (χ2v) is 6.91. The Balaban J connectivity index is 1.70. The van der Waals surface area contributed by atoms with Gasteiger partial charge >= 0.3 is 0 Å². The Labute approximate surface area is 126 Å². The Morgan fingerprint density at radius 1 is 1.05 bits per heavy atom. The fourth-order valence-electron chi connectivity index (χ4n) is 3.98. The van der Waals surface area contributed by atoms with E-state index in [4.69, 9.17) is 4.74 Å². The van der Waals surface area contributed by atoms with Crippen LogP contribution in [0, 0.1) is 11.8 Å². The van der Waals surface area contributed by atoms with E-state index in [1.54, 1.807) is 5.57 Å². The fourth-order valence-corrected chi connectivity index (χ4v) is 3.98. The number of allylic oxidation sites excluding steroid dienone is 1.